The number of carbonyl (C=O) groups excluding carboxylic acids is 1. The molecule has 0 rings (SSSR count). The molecular formula is C5H7F2NO2. The van der Waals surface area contributed by atoms with Gasteiger partial charge in [0.05, 0.1) is 13.2 Å². The Bertz CT molecular complexity index is 123. The molecule has 0 amide bonds. The van der Waals surface area contributed by atoms with E-state index in [-0.39, 0.29) is 13.2 Å². The molecule has 0 fully saturated rings. The summed E-state index contributed by atoms with van der Waals surface area (Å²) in [6.45, 7) is -0.468. The van der Waals surface area contributed by atoms with E-state index < -0.39 is 13.0 Å². The Labute approximate surface area is 56.7 Å². The molecule has 0 aromatic heterocycles. The highest BCUT2D eigenvalue weighted by Crippen LogP contribution is 1.91. The Kier molecular flexibility index (Phi) is 5.82. The van der Waals surface area contributed by atoms with Crippen molar-refractivity contribution in [1.29, 1.82) is 0 Å². The second-order valence-electron chi connectivity index (χ2n) is 1.44. The minimum absolute atomic E-state index is 0.0413. The number of alkyl halides is 2. The molecule has 5 heteroatoms. The van der Waals surface area contributed by atoms with Crippen LogP contribution in [0.15, 0.2) is 4.99 Å². The van der Waals surface area contributed by atoms with Gasteiger partial charge in [-0.05, 0) is 0 Å². The summed E-state index contributed by atoms with van der Waals surface area (Å²) in [5, 5.41) is 0. The Morgan fingerprint density at radius 1 is 1.60 bits per heavy atom. The fourth-order valence-electron chi connectivity index (χ4n) is 0.328. The number of isocyanates is 1. The number of hydrogen-bond donors (Lipinski definition) is 0. The lowest BCUT2D eigenvalue weighted by Gasteiger charge is -1.98. The predicted molar refractivity (Wildman–Crippen MR) is 29.8 cm³/mol. The fraction of sp³-hybridized carbons (Fsp3) is 0.800. The monoisotopic (exact) mass is 151 g/mol. The molecule has 0 bridgehead atoms. The van der Waals surface area contributed by atoms with Crippen molar-refractivity contribution in [2.24, 2.45) is 4.99 Å². The normalized spacial score (nSPS) is 9.50. The SMILES string of the molecule is O=C=NCCOCC(F)F. The molecule has 3 nitrogen and oxygen atoms in total. The van der Waals surface area contributed by atoms with E-state index >= 15 is 0 Å². The molecule has 0 aromatic carbocycles. The second-order valence-corrected chi connectivity index (χ2v) is 1.44. The van der Waals surface area contributed by atoms with Gasteiger partial charge in [-0.3, -0.25) is 0 Å². The van der Waals surface area contributed by atoms with Gasteiger partial charge < -0.3 is 4.74 Å². The zero-order chi connectivity index (χ0) is 7.82. The Hall–Kier alpha value is -0.800. The van der Waals surface area contributed by atoms with Crippen molar-refractivity contribution in [1.82, 2.24) is 0 Å². The highest BCUT2D eigenvalue weighted by Gasteiger charge is 1.99. The summed E-state index contributed by atoms with van der Waals surface area (Å²) >= 11 is 0. The molecule has 0 N–H and O–H groups in total. The molecule has 0 aliphatic heterocycles. The number of rotatable bonds is 5. The van der Waals surface area contributed by atoms with E-state index in [0.717, 1.165) is 0 Å². The summed E-state index contributed by atoms with van der Waals surface area (Å²) in [6.07, 6.45) is -1.19. The van der Waals surface area contributed by atoms with Crippen LogP contribution in [-0.4, -0.2) is 32.3 Å². The molecule has 10 heavy (non-hydrogen) atoms. The van der Waals surface area contributed by atoms with Gasteiger partial charge in [-0.1, -0.05) is 0 Å². The number of ether oxygens (including phenoxy) is 1. The maximum absolute atomic E-state index is 11.3. The first-order valence-electron chi connectivity index (χ1n) is 2.67. The van der Waals surface area contributed by atoms with Gasteiger partial charge in [0.25, 0.3) is 6.43 Å². The van der Waals surface area contributed by atoms with Crippen molar-refractivity contribution in [3.8, 4) is 0 Å². The van der Waals surface area contributed by atoms with Crippen molar-refractivity contribution in [3.05, 3.63) is 0 Å². The van der Waals surface area contributed by atoms with Crippen LogP contribution in [0.3, 0.4) is 0 Å². The standard InChI is InChI=1S/C5H7F2NO2/c6-5(7)3-10-2-1-8-4-9/h5H,1-3H2. The molecule has 0 saturated heterocycles. The summed E-state index contributed by atoms with van der Waals surface area (Å²) in [5.74, 6) is 0. The first-order valence-corrected chi connectivity index (χ1v) is 2.67. The number of hydrogen-bond acceptors (Lipinski definition) is 3. The van der Waals surface area contributed by atoms with Gasteiger partial charge in [-0.15, -0.1) is 0 Å². The topological polar surface area (TPSA) is 38.7 Å². The van der Waals surface area contributed by atoms with E-state index in [1.54, 1.807) is 0 Å². The molecule has 0 aliphatic carbocycles. The molecule has 0 aromatic rings. The highest BCUT2D eigenvalue weighted by molar-refractivity contribution is 5.32. The predicted octanol–water partition coefficient (Wildman–Crippen LogP) is 0.604. The largest absolute Gasteiger partial charge is 0.374 e. The molecule has 0 radical (unpaired) electrons. The van der Waals surface area contributed by atoms with Gasteiger partial charge in [0.2, 0.25) is 6.08 Å². The molecule has 0 spiro atoms. The summed E-state index contributed by atoms with van der Waals surface area (Å²) in [4.78, 5) is 12.5. The van der Waals surface area contributed by atoms with Crippen molar-refractivity contribution >= 4 is 6.08 Å². The number of halogens is 2. The second kappa shape index (κ2) is 6.32. The van der Waals surface area contributed by atoms with Crippen molar-refractivity contribution in [3.63, 3.8) is 0 Å². The van der Waals surface area contributed by atoms with E-state index in [1.165, 1.54) is 6.08 Å². The first kappa shape index (κ1) is 9.20. The molecular weight excluding hydrogens is 144 g/mol. The smallest absolute Gasteiger partial charge is 0.261 e. The maximum Gasteiger partial charge on any atom is 0.261 e. The van der Waals surface area contributed by atoms with Crippen LogP contribution in [0.2, 0.25) is 0 Å². The van der Waals surface area contributed by atoms with Crippen molar-refractivity contribution < 1.29 is 18.3 Å². The maximum atomic E-state index is 11.3. The average Bonchev–Trinajstić information content (AvgIpc) is 1.87. The zero-order valence-electron chi connectivity index (χ0n) is 5.22. The molecule has 58 valence electrons. The summed E-state index contributed by atoms with van der Waals surface area (Å²) in [7, 11) is 0. The zero-order valence-corrected chi connectivity index (χ0v) is 5.22. The van der Waals surface area contributed by atoms with Crippen LogP contribution in [0.1, 0.15) is 0 Å². The van der Waals surface area contributed by atoms with Gasteiger partial charge in [0.1, 0.15) is 6.61 Å². The van der Waals surface area contributed by atoms with E-state index in [9.17, 15) is 13.6 Å². The van der Waals surface area contributed by atoms with Gasteiger partial charge in [0, 0.05) is 0 Å². The molecule has 0 atom stereocenters. The van der Waals surface area contributed by atoms with Crippen LogP contribution in [-0.2, 0) is 9.53 Å². The minimum Gasteiger partial charge on any atom is -0.374 e. The van der Waals surface area contributed by atoms with E-state index in [4.69, 9.17) is 0 Å². The highest BCUT2D eigenvalue weighted by atomic mass is 19.3. The third-order valence-electron chi connectivity index (χ3n) is 0.656. The average molecular weight is 151 g/mol. The van der Waals surface area contributed by atoms with Crippen LogP contribution in [0.4, 0.5) is 8.78 Å². The molecule has 0 aliphatic rings. The van der Waals surface area contributed by atoms with E-state index in [1.807, 2.05) is 0 Å². The Morgan fingerprint density at radius 3 is 2.80 bits per heavy atom. The third kappa shape index (κ3) is 7.20. The molecule has 0 heterocycles. The van der Waals surface area contributed by atoms with Gasteiger partial charge in [-0.2, -0.15) is 0 Å². The lowest BCUT2D eigenvalue weighted by atomic mass is 10.7. The fourth-order valence-corrected chi connectivity index (χ4v) is 0.328. The third-order valence-corrected chi connectivity index (χ3v) is 0.656. The van der Waals surface area contributed by atoms with Crippen molar-refractivity contribution in [2.45, 2.75) is 6.43 Å². The summed E-state index contributed by atoms with van der Waals surface area (Å²) in [5.41, 5.74) is 0. The van der Waals surface area contributed by atoms with Crippen LogP contribution in [0.5, 0.6) is 0 Å². The first-order chi connectivity index (χ1) is 4.77. The van der Waals surface area contributed by atoms with Gasteiger partial charge in [-0.25, -0.2) is 18.6 Å². The van der Waals surface area contributed by atoms with Crippen LogP contribution in [0.25, 0.3) is 0 Å². The van der Waals surface area contributed by atoms with E-state index in [2.05, 4.69) is 9.73 Å². The van der Waals surface area contributed by atoms with E-state index in [0.29, 0.717) is 0 Å². The Balaban J connectivity index is 2.98. The molecule has 0 unspecified atom stereocenters. The lowest BCUT2D eigenvalue weighted by molar-refractivity contribution is 0.0207. The van der Waals surface area contributed by atoms with Gasteiger partial charge in [0.15, 0.2) is 0 Å². The molecule has 0 saturated carbocycles. The van der Waals surface area contributed by atoms with Crippen LogP contribution >= 0.6 is 0 Å². The minimum atomic E-state index is -2.46. The summed E-state index contributed by atoms with van der Waals surface area (Å²) in [6, 6.07) is 0. The number of nitrogens with zero attached hydrogens (tertiary/aromatic N) is 1. The summed E-state index contributed by atoms with van der Waals surface area (Å²) < 4.78 is 27.0. The Morgan fingerprint density at radius 2 is 2.30 bits per heavy atom. The van der Waals surface area contributed by atoms with Crippen LogP contribution < -0.4 is 0 Å². The lowest BCUT2D eigenvalue weighted by Crippen LogP contribution is -2.06. The quantitative estimate of drug-likeness (QED) is 0.328. The van der Waals surface area contributed by atoms with Crippen LogP contribution in [0, 0.1) is 0 Å². The van der Waals surface area contributed by atoms with Crippen molar-refractivity contribution in [2.75, 3.05) is 19.8 Å². The van der Waals surface area contributed by atoms with Gasteiger partial charge >= 0.3 is 0 Å². The number of aliphatic imine (C=N–C) groups is 1.